The fourth-order valence-corrected chi connectivity index (χ4v) is 2.21. The molecule has 0 bridgehead atoms. The monoisotopic (exact) mass is 272 g/mol. The lowest BCUT2D eigenvalue weighted by Crippen LogP contribution is -2.13. The molecule has 2 rings (SSSR count). The van der Waals surface area contributed by atoms with Crippen LogP contribution in [0.15, 0.2) is 30.3 Å². The topological polar surface area (TPSA) is 74.6 Å². The van der Waals surface area contributed by atoms with Gasteiger partial charge in [0.15, 0.2) is 0 Å². The van der Waals surface area contributed by atoms with E-state index < -0.39 is 11.9 Å². The molecule has 0 unspecified atom stereocenters. The summed E-state index contributed by atoms with van der Waals surface area (Å²) < 4.78 is 0. The summed E-state index contributed by atoms with van der Waals surface area (Å²) in [6.07, 6.45) is 0. The van der Waals surface area contributed by atoms with Crippen LogP contribution in [0, 0.1) is 0 Å². The Morgan fingerprint density at radius 1 is 0.950 bits per heavy atom. The van der Waals surface area contributed by atoms with Crippen LogP contribution < -0.4 is 0 Å². The highest BCUT2D eigenvalue weighted by molar-refractivity contribution is 6.12. The number of carboxylic acid groups (broad SMARTS) is 2. The minimum atomic E-state index is -1.12. The van der Waals surface area contributed by atoms with Crippen molar-refractivity contribution in [3.8, 4) is 0 Å². The van der Waals surface area contributed by atoms with E-state index in [1.807, 2.05) is 26.8 Å². The molecule has 0 aliphatic rings. The van der Waals surface area contributed by atoms with E-state index >= 15 is 0 Å². The Bertz CT molecular complexity index is 708. The molecule has 0 spiro atoms. The second-order valence-electron chi connectivity index (χ2n) is 5.79. The molecule has 0 saturated heterocycles. The molecular weight excluding hydrogens is 256 g/mol. The highest BCUT2D eigenvalue weighted by Gasteiger charge is 2.21. The van der Waals surface area contributed by atoms with Gasteiger partial charge in [-0.2, -0.15) is 0 Å². The summed E-state index contributed by atoms with van der Waals surface area (Å²) in [5.41, 5.74) is 0.702. The van der Waals surface area contributed by atoms with Crippen LogP contribution in [0.1, 0.15) is 47.1 Å². The second kappa shape index (κ2) is 4.63. The maximum absolute atomic E-state index is 11.5. The molecule has 0 aliphatic carbocycles. The van der Waals surface area contributed by atoms with Crippen LogP contribution in [0.2, 0.25) is 0 Å². The summed E-state index contributed by atoms with van der Waals surface area (Å²) in [7, 11) is 0. The molecule has 0 aliphatic heterocycles. The molecule has 0 atom stereocenters. The van der Waals surface area contributed by atoms with Crippen LogP contribution in [0.3, 0.4) is 0 Å². The number of rotatable bonds is 2. The van der Waals surface area contributed by atoms with Crippen LogP contribution in [-0.2, 0) is 5.41 Å². The number of fused-ring (bicyclic) bond motifs is 1. The molecule has 0 heterocycles. The molecule has 20 heavy (non-hydrogen) atoms. The first-order chi connectivity index (χ1) is 9.21. The number of benzene rings is 2. The largest absolute Gasteiger partial charge is 0.478 e. The number of aromatic carboxylic acids is 2. The Labute approximate surface area is 116 Å². The van der Waals surface area contributed by atoms with Gasteiger partial charge in [-0.3, -0.25) is 0 Å². The third kappa shape index (κ3) is 2.37. The summed E-state index contributed by atoms with van der Waals surface area (Å²) in [6.45, 7) is 5.96. The Morgan fingerprint density at radius 2 is 1.55 bits per heavy atom. The Hall–Kier alpha value is -2.36. The van der Waals surface area contributed by atoms with Crippen LogP contribution >= 0.6 is 0 Å². The average molecular weight is 272 g/mol. The highest BCUT2D eigenvalue weighted by atomic mass is 16.4. The van der Waals surface area contributed by atoms with E-state index in [4.69, 9.17) is 0 Å². The lowest BCUT2D eigenvalue weighted by molar-refractivity contribution is 0.0695. The normalized spacial score (nSPS) is 11.6. The van der Waals surface area contributed by atoms with Crippen LogP contribution in [-0.4, -0.2) is 22.2 Å². The summed E-state index contributed by atoms with van der Waals surface area (Å²) >= 11 is 0. The Kier molecular flexibility index (Phi) is 3.26. The van der Waals surface area contributed by atoms with E-state index in [9.17, 15) is 19.8 Å². The molecule has 0 saturated carbocycles. The van der Waals surface area contributed by atoms with Gasteiger partial charge in [0, 0.05) is 5.39 Å². The third-order valence-corrected chi connectivity index (χ3v) is 3.30. The van der Waals surface area contributed by atoms with Gasteiger partial charge in [0.25, 0.3) is 0 Å². The molecule has 4 heteroatoms. The van der Waals surface area contributed by atoms with Crippen LogP contribution in [0.4, 0.5) is 0 Å². The van der Waals surface area contributed by atoms with Crippen molar-refractivity contribution in [1.29, 1.82) is 0 Å². The quantitative estimate of drug-likeness (QED) is 0.877. The summed E-state index contributed by atoms with van der Waals surface area (Å²) in [4.78, 5) is 22.8. The second-order valence-corrected chi connectivity index (χ2v) is 5.79. The van der Waals surface area contributed by atoms with Crippen molar-refractivity contribution < 1.29 is 19.8 Å². The van der Waals surface area contributed by atoms with E-state index in [1.165, 1.54) is 6.07 Å². The first kappa shape index (κ1) is 14.1. The Balaban J connectivity index is 2.93. The first-order valence-electron chi connectivity index (χ1n) is 6.25. The molecule has 2 N–H and O–H groups in total. The minimum absolute atomic E-state index is 0.0142. The van der Waals surface area contributed by atoms with Gasteiger partial charge in [-0.05, 0) is 28.5 Å². The van der Waals surface area contributed by atoms with Crippen molar-refractivity contribution in [2.45, 2.75) is 26.2 Å². The zero-order chi connectivity index (χ0) is 15.1. The van der Waals surface area contributed by atoms with Crippen molar-refractivity contribution in [2.24, 2.45) is 0 Å². The number of carbonyl (C=O) groups is 2. The summed E-state index contributed by atoms with van der Waals surface area (Å²) in [5.74, 6) is -2.24. The Morgan fingerprint density at radius 3 is 2.05 bits per heavy atom. The highest BCUT2D eigenvalue weighted by Crippen LogP contribution is 2.31. The molecule has 2 aromatic carbocycles. The van der Waals surface area contributed by atoms with Crippen molar-refractivity contribution in [3.63, 3.8) is 0 Å². The first-order valence-corrected chi connectivity index (χ1v) is 6.25. The van der Waals surface area contributed by atoms with E-state index in [1.54, 1.807) is 18.2 Å². The molecule has 2 aromatic rings. The van der Waals surface area contributed by atoms with E-state index in [-0.39, 0.29) is 21.9 Å². The number of hydrogen-bond acceptors (Lipinski definition) is 2. The zero-order valence-electron chi connectivity index (χ0n) is 11.6. The van der Waals surface area contributed by atoms with Gasteiger partial charge in [-0.1, -0.05) is 39.0 Å². The van der Waals surface area contributed by atoms with Gasteiger partial charge < -0.3 is 10.2 Å². The van der Waals surface area contributed by atoms with Gasteiger partial charge in [0.05, 0.1) is 11.1 Å². The van der Waals surface area contributed by atoms with Crippen molar-refractivity contribution in [2.75, 3.05) is 0 Å². The lowest BCUT2D eigenvalue weighted by Gasteiger charge is -2.21. The summed E-state index contributed by atoms with van der Waals surface area (Å²) in [5, 5.41) is 19.5. The lowest BCUT2D eigenvalue weighted by atomic mass is 9.83. The zero-order valence-corrected chi connectivity index (χ0v) is 11.6. The van der Waals surface area contributed by atoms with Gasteiger partial charge in [0.1, 0.15) is 0 Å². The predicted molar refractivity (Wildman–Crippen MR) is 76.6 cm³/mol. The molecular formula is C16H16O4. The van der Waals surface area contributed by atoms with Gasteiger partial charge in [-0.25, -0.2) is 9.59 Å². The van der Waals surface area contributed by atoms with Crippen LogP contribution in [0.5, 0.6) is 0 Å². The fraction of sp³-hybridized carbons (Fsp3) is 0.250. The minimum Gasteiger partial charge on any atom is -0.478 e. The van der Waals surface area contributed by atoms with Crippen molar-refractivity contribution in [1.82, 2.24) is 0 Å². The molecule has 0 radical (unpaired) electrons. The summed E-state index contributed by atoms with van der Waals surface area (Å²) in [6, 6.07) is 8.21. The fourth-order valence-electron chi connectivity index (χ4n) is 2.21. The maximum atomic E-state index is 11.5. The van der Waals surface area contributed by atoms with Gasteiger partial charge in [-0.15, -0.1) is 0 Å². The van der Waals surface area contributed by atoms with Crippen molar-refractivity contribution >= 4 is 22.7 Å². The number of hydrogen-bond donors (Lipinski definition) is 2. The smallest absolute Gasteiger partial charge is 0.336 e. The molecule has 0 amide bonds. The molecule has 104 valence electrons. The van der Waals surface area contributed by atoms with Gasteiger partial charge >= 0.3 is 11.9 Å². The average Bonchev–Trinajstić information content (AvgIpc) is 2.35. The molecule has 4 nitrogen and oxygen atoms in total. The van der Waals surface area contributed by atoms with E-state index in [0.717, 1.165) is 5.56 Å². The van der Waals surface area contributed by atoms with Crippen molar-refractivity contribution in [3.05, 3.63) is 47.0 Å². The SMILES string of the molecule is CC(C)(C)c1cc(C(=O)O)c2c(C(=O)O)cccc2c1. The predicted octanol–water partition coefficient (Wildman–Crippen LogP) is 3.53. The molecule has 0 aromatic heterocycles. The van der Waals surface area contributed by atoms with E-state index in [2.05, 4.69) is 0 Å². The molecule has 0 fully saturated rings. The van der Waals surface area contributed by atoms with Gasteiger partial charge in [0.2, 0.25) is 0 Å². The number of carboxylic acids is 2. The maximum Gasteiger partial charge on any atom is 0.336 e. The van der Waals surface area contributed by atoms with Crippen LogP contribution in [0.25, 0.3) is 10.8 Å². The standard InChI is InChI=1S/C16H16O4/c1-16(2,3)10-7-9-5-4-6-11(14(17)18)13(9)12(8-10)15(19)20/h4-8H,1-3H3,(H,17,18)(H,19,20). The third-order valence-electron chi connectivity index (χ3n) is 3.30. The van der Waals surface area contributed by atoms with E-state index in [0.29, 0.717) is 5.39 Å².